The predicted molar refractivity (Wildman–Crippen MR) is 73.8 cm³/mol. The molecule has 3 unspecified atom stereocenters. The van der Waals surface area contributed by atoms with Crippen LogP contribution < -0.4 is 0 Å². The number of piperidine rings is 1. The molecule has 19 heavy (non-hydrogen) atoms. The Balaban J connectivity index is 1.88. The fourth-order valence-electron chi connectivity index (χ4n) is 3.57. The first-order chi connectivity index (χ1) is 9.05. The first kappa shape index (κ1) is 14.8. The van der Waals surface area contributed by atoms with Gasteiger partial charge in [-0.3, -0.25) is 4.79 Å². The van der Waals surface area contributed by atoms with E-state index in [9.17, 15) is 9.90 Å². The highest BCUT2D eigenvalue weighted by Gasteiger charge is 2.43. The number of ether oxygens (including phenoxy) is 1. The van der Waals surface area contributed by atoms with Gasteiger partial charge in [0.1, 0.15) is 0 Å². The summed E-state index contributed by atoms with van der Waals surface area (Å²) >= 11 is 0. The molecule has 1 saturated heterocycles. The van der Waals surface area contributed by atoms with Crippen molar-refractivity contribution < 1.29 is 14.6 Å². The average Bonchev–Trinajstić information content (AvgIpc) is 2.37. The molecule has 1 aliphatic carbocycles. The lowest BCUT2D eigenvalue weighted by Gasteiger charge is -2.47. The zero-order valence-electron chi connectivity index (χ0n) is 12.2. The topological polar surface area (TPSA) is 49.8 Å². The third-order valence-electron chi connectivity index (χ3n) is 4.75. The normalized spacial score (nSPS) is 32.8. The Hall–Kier alpha value is -0.610. The summed E-state index contributed by atoms with van der Waals surface area (Å²) in [5, 5.41) is 10.6. The summed E-state index contributed by atoms with van der Waals surface area (Å²) in [6.07, 6.45) is 5.61. The zero-order chi connectivity index (χ0) is 13.9. The van der Waals surface area contributed by atoms with E-state index in [0.717, 1.165) is 32.2 Å². The molecule has 4 heteroatoms. The molecule has 110 valence electrons. The van der Waals surface area contributed by atoms with E-state index in [1.165, 1.54) is 6.42 Å². The number of aliphatic hydroxyl groups is 1. The molecule has 0 aromatic carbocycles. The van der Waals surface area contributed by atoms with Crippen molar-refractivity contribution in [1.29, 1.82) is 0 Å². The van der Waals surface area contributed by atoms with Crippen molar-refractivity contribution in [2.75, 3.05) is 26.8 Å². The molecule has 1 saturated carbocycles. The van der Waals surface area contributed by atoms with Crippen molar-refractivity contribution in [1.82, 2.24) is 4.90 Å². The molecule has 1 amide bonds. The minimum absolute atomic E-state index is 0.220. The summed E-state index contributed by atoms with van der Waals surface area (Å²) in [6, 6.07) is 0. The van der Waals surface area contributed by atoms with Gasteiger partial charge in [-0.15, -0.1) is 0 Å². The van der Waals surface area contributed by atoms with E-state index in [2.05, 4.69) is 0 Å². The van der Waals surface area contributed by atoms with Crippen molar-refractivity contribution >= 4 is 5.91 Å². The number of rotatable bonds is 4. The third-order valence-corrected chi connectivity index (χ3v) is 4.75. The molecule has 2 aliphatic rings. The molecular formula is C15H27NO3. The van der Waals surface area contributed by atoms with Crippen LogP contribution in [0.5, 0.6) is 0 Å². The van der Waals surface area contributed by atoms with E-state index < -0.39 is 5.60 Å². The fourth-order valence-corrected chi connectivity index (χ4v) is 3.57. The van der Waals surface area contributed by atoms with E-state index in [-0.39, 0.29) is 17.7 Å². The maximum atomic E-state index is 12.3. The van der Waals surface area contributed by atoms with Crippen LogP contribution in [0.1, 0.15) is 45.4 Å². The Morgan fingerprint density at radius 3 is 3.00 bits per heavy atom. The first-order valence-electron chi connectivity index (χ1n) is 7.54. The lowest BCUT2D eigenvalue weighted by atomic mass is 9.71. The van der Waals surface area contributed by atoms with Crippen LogP contribution in [-0.2, 0) is 9.53 Å². The molecule has 1 N–H and O–H groups in total. The molecule has 2 fully saturated rings. The molecular weight excluding hydrogens is 242 g/mol. The van der Waals surface area contributed by atoms with Crippen LogP contribution in [0.3, 0.4) is 0 Å². The molecule has 0 bridgehead atoms. The fraction of sp³-hybridized carbons (Fsp3) is 0.933. The van der Waals surface area contributed by atoms with Crippen LogP contribution in [0.25, 0.3) is 0 Å². The molecule has 1 aliphatic heterocycles. The van der Waals surface area contributed by atoms with Crippen molar-refractivity contribution in [2.24, 2.45) is 11.8 Å². The van der Waals surface area contributed by atoms with E-state index in [1.807, 2.05) is 11.8 Å². The number of amides is 1. The summed E-state index contributed by atoms with van der Waals surface area (Å²) in [7, 11) is 1.67. The Bertz CT molecular complexity index is 321. The summed E-state index contributed by atoms with van der Waals surface area (Å²) in [6.45, 7) is 4.13. The van der Waals surface area contributed by atoms with Gasteiger partial charge in [-0.05, 0) is 25.2 Å². The van der Waals surface area contributed by atoms with E-state index >= 15 is 0 Å². The molecule has 0 aromatic heterocycles. The third kappa shape index (κ3) is 3.48. The molecule has 3 atom stereocenters. The van der Waals surface area contributed by atoms with Crippen LogP contribution in [0.15, 0.2) is 0 Å². The highest BCUT2D eigenvalue weighted by molar-refractivity contribution is 5.76. The summed E-state index contributed by atoms with van der Waals surface area (Å²) < 4.78 is 5.08. The zero-order valence-corrected chi connectivity index (χ0v) is 12.2. The number of nitrogens with zero attached hydrogens (tertiary/aromatic N) is 1. The van der Waals surface area contributed by atoms with Crippen molar-refractivity contribution in [3.63, 3.8) is 0 Å². The number of carbonyl (C=O) groups is 1. The second-order valence-electron chi connectivity index (χ2n) is 6.40. The quantitative estimate of drug-likeness (QED) is 0.847. The van der Waals surface area contributed by atoms with Gasteiger partial charge in [0.15, 0.2) is 0 Å². The van der Waals surface area contributed by atoms with Crippen molar-refractivity contribution in [3.05, 3.63) is 0 Å². The summed E-state index contributed by atoms with van der Waals surface area (Å²) in [4.78, 5) is 14.2. The lowest BCUT2D eigenvalue weighted by Crippen LogP contribution is -2.54. The monoisotopic (exact) mass is 269 g/mol. The average molecular weight is 269 g/mol. The van der Waals surface area contributed by atoms with Crippen molar-refractivity contribution in [3.8, 4) is 0 Å². The van der Waals surface area contributed by atoms with Crippen LogP contribution in [0, 0.1) is 11.8 Å². The van der Waals surface area contributed by atoms with Gasteiger partial charge in [0.05, 0.1) is 5.60 Å². The van der Waals surface area contributed by atoms with Gasteiger partial charge in [-0.1, -0.05) is 19.8 Å². The molecule has 0 radical (unpaired) electrons. The van der Waals surface area contributed by atoms with Gasteiger partial charge >= 0.3 is 0 Å². The Morgan fingerprint density at radius 1 is 1.47 bits per heavy atom. The molecule has 1 heterocycles. The molecule has 2 rings (SSSR count). The van der Waals surface area contributed by atoms with Gasteiger partial charge in [0.2, 0.25) is 5.91 Å². The smallest absolute Gasteiger partial charge is 0.222 e. The van der Waals surface area contributed by atoms with Gasteiger partial charge in [-0.2, -0.15) is 0 Å². The number of hydrogen-bond acceptors (Lipinski definition) is 3. The molecule has 0 aromatic rings. The Morgan fingerprint density at radius 2 is 2.26 bits per heavy atom. The Labute approximate surface area is 116 Å². The maximum Gasteiger partial charge on any atom is 0.222 e. The SMILES string of the molecule is COCC(C)CC(=O)N1CCC2(O)CCCCC2C1. The van der Waals surface area contributed by atoms with Crippen LogP contribution in [-0.4, -0.2) is 48.3 Å². The number of methoxy groups -OCH3 is 1. The highest BCUT2D eigenvalue weighted by atomic mass is 16.5. The van der Waals surface area contributed by atoms with E-state index in [1.54, 1.807) is 7.11 Å². The minimum Gasteiger partial charge on any atom is -0.389 e. The molecule has 0 spiro atoms. The second kappa shape index (κ2) is 6.23. The van der Waals surface area contributed by atoms with Gasteiger partial charge in [-0.25, -0.2) is 0 Å². The van der Waals surface area contributed by atoms with Gasteiger partial charge in [0, 0.05) is 39.1 Å². The first-order valence-corrected chi connectivity index (χ1v) is 7.54. The van der Waals surface area contributed by atoms with Crippen LogP contribution >= 0.6 is 0 Å². The molecule has 4 nitrogen and oxygen atoms in total. The standard InChI is InChI=1S/C15H27NO3/c1-12(11-19-2)9-14(17)16-8-7-15(18)6-4-3-5-13(15)10-16/h12-13,18H,3-11H2,1-2H3. The minimum atomic E-state index is -0.493. The number of hydrogen-bond donors (Lipinski definition) is 1. The number of fused-ring (bicyclic) bond motifs is 1. The highest BCUT2D eigenvalue weighted by Crippen LogP contribution is 2.39. The lowest BCUT2D eigenvalue weighted by molar-refractivity contribution is -0.144. The van der Waals surface area contributed by atoms with Crippen LogP contribution in [0.4, 0.5) is 0 Å². The Kier molecular flexibility index (Phi) is 4.85. The summed E-state index contributed by atoms with van der Waals surface area (Å²) in [5.74, 6) is 0.776. The van der Waals surface area contributed by atoms with Crippen LogP contribution in [0.2, 0.25) is 0 Å². The number of carbonyl (C=O) groups excluding carboxylic acids is 1. The van der Waals surface area contributed by atoms with Crippen molar-refractivity contribution in [2.45, 2.75) is 51.0 Å². The predicted octanol–water partition coefficient (Wildman–Crippen LogP) is 1.81. The van der Waals surface area contributed by atoms with E-state index in [0.29, 0.717) is 19.6 Å². The largest absolute Gasteiger partial charge is 0.389 e. The van der Waals surface area contributed by atoms with Gasteiger partial charge in [0.25, 0.3) is 0 Å². The number of likely N-dealkylation sites (tertiary alicyclic amines) is 1. The summed E-state index contributed by atoms with van der Waals surface area (Å²) in [5.41, 5.74) is -0.493. The second-order valence-corrected chi connectivity index (χ2v) is 6.40. The van der Waals surface area contributed by atoms with Gasteiger partial charge < -0.3 is 14.7 Å². The maximum absolute atomic E-state index is 12.3. The van der Waals surface area contributed by atoms with E-state index in [4.69, 9.17) is 4.74 Å².